The summed E-state index contributed by atoms with van der Waals surface area (Å²) >= 11 is 0. The number of nitrogens with two attached hydrogens (primary N) is 1. The second kappa shape index (κ2) is 8.13. The zero-order chi connectivity index (χ0) is 20.2. The quantitative estimate of drug-likeness (QED) is 0.667. The molecule has 1 unspecified atom stereocenters. The van der Waals surface area contributed by atoms with Crippen LogP contribution in [0.4, 0.5) is 0 Å². The van der Waals surface area contributed by atoms with Gasteiger partial charge in [-0.25, -0.2) is 22.0 Å². The average molecular weight is 412 g/mol. The summed E-state index contributed by atoms with van der Waals surface area (Å²) in [6.07, 6.45) is 2.66. The molecule has 0 bridgehead atoms. The number of pyridine rings is 1. The van der Waals surface area contributed by atoms with Crippen molar-refractivity contribution < 1.29 is 21.6 Å². The number of hydrogen-bond acceptors (Lipinski definition) is 6. The van der Waals surface area contributed by atoms with E-state index in [1.54, 1.807) is 6.92 Å². The van der Waals surface area contributed by atoms with Crippen LogP contribution in [0.2, 0.25) is 0 Å². The summed E-state index contributed by atoms with van der Waals surface area (Å²) in [6.45, 7) is 1.32. The highest BCUT2D eigenvalue weighted by atomic mass is 32.2. The van der Waals surface area contributed by atoms with Crippen LogP contribution in [0.1, 0.15) is 18.5 Å². The van der Waals surface area contributed by atoms with Gasteiger partial charge in [0, 0.05) is 19.4 Å². The normalized spacial score (nSPS) is 13.3. The first-order valence-corrected chi connectivity index (χ1v) is 10.8. The number of rotatable bonds is 7. The number of nitrogens with zero attached hydrogens (tertiary/aromatic N) is 2. The van der Waals surface area contributed by atoms with E-state index in [4.69, 9.17) is 5.14 Å². The van der Waals surface area contributed by atoms with Gasteiger partial charge in [-0.05, 0) is 36.8 Å². The van der Waals surface area contributed by atoms with Crippen molar-refractivity contribution in [1.82, 2.24) is 14.6 Å². The van der Waals surface area contributed by atoms with Crippen LogP contribution in [0.25, 0.3) is 0 Å². The van der Waals surface area contributed by atoms with E-state index in [0.717, 1.165) is 4.31 Å². The van der Waals surface area contributed by atoms with E-state index in [0.29, 0.717) is 5.56 Å². The van der Waals surface area contributed by atoms with Crippen LogP contribution in [-0.2, 0) is 24.8 Å². The van der Waals surface area contributed by atoms with Gasteiger partial charge in [0.1, 0.15) is 4.90 Å². The van der Waals surface area contributed by atoms with Gasteiger partial charge in [-0.15, -0.1) is 0 Å². The van der Waals surface area contributed by atoms with E-state index < -0.39 is 32.0 Å². The molecule has 2 aromatic rings. The zero-order valence-electron chi connectivity index (χ0n) is 14.7. The molecular formula is C16H20N4O5S2. The molecule has 1 amide bonds. The number of carbonyl (C=O) groups excluding carboxylic acids is 1. The van der Waals surface area contributed by atoms with Gasteiger partial charge in [-0.1, -0.05) is 12.1 Å². The number of nitrogens with one attached hydrogen (secondary N) is 1. The second-order valence-corrected chi connectivity index (χ2v) is 9.46. The van der Waals surface area contributed by atoms with E-state index in [-0.39, 0.29) is 16.3 Å². The highest BCUT2D eigenvalue weighted by molar-refractivity contribution is 7.89. The maximum absolute atomic E-state index is 12.4. The predicted octanol–water partition coefficient (Wildman–Crippen LogP) is 0.227. The second-order valence-electron chi connectivity index (χ2n) is 5.85. The highest BCUT2D eigenvalue weighted by Crippen LogP contribution is 2.16. The highest BCUT2D eigenvalue weighted by Gasteiger charge is 2.23. The number of amides is 1. The Morgan fingerprint density at radius 2 is 1.78 bits per heavy atom. The molecule has 0 saturated carbocycles. The van der Waals surface area contributed by atoms with Crippen LogP contribution in [0.15, 0.2) is 58.6 Å². The number of sulfonamides is 2. The van der Waals surface area contributed by atoms with Crippen molar-refractivity contribution in [2.45, 2.75) is 22.8 Å². The smallest absolute Gasteiger partial charge is 0.244 e. The summed E-state index contributed by atoms with van der Waals surface area (Å²) in [5.74, 6) is -0.506. The summed E-state index contributed by atoms with van der Waals surface area (Å²) in [4.78, 5) is 15.9. The lowest BCUT2D eigenvalue weighted by Gasteiger charge is -2.19. The Morgan fingerprint density at radius 1 is 1.15 bits per heavy atom. The van der Waals surface area contributed by atoms with Gasteiger partial charge in [0.05, 0.1) is 17.5 Å². The number of aromatic nitrogens is 1. The van der Waals surface area contributed by atoms with E-state index in [9.17, 15) is 21.6 Å². The number of likely N-dealkylation sites (N-methyl/N-ethyl adjacent to an activating group) is 1. The van der Waals surface area contributed by atoms with Gasteiger partial charge in [-0.3, -0.25) is 9.78 Å². The molecule has 2 rings (SSSR count). The van der Waals surface area contributed by atoms with Gasteiger partial charge >= 0.3 is 0 Å². The molecule has 0 spiro atoms. The lowest BCUT2D eigenvalue weighted by molar-refractivity contribution is -0.121. The molecule has 1 aromatic heterocycles. The fourth-order valence-electron chi connectivity index (χ4n) is 2.28. The molecule has 11 heteroatoms. The zero-order valence-corrected chi connectivity index (χ0v) is 16.4. The van der Waals surface area contributed by atoms with E-state index >= 15 is 0 Å². The summed E-state index contributed by atoms with van der Waals surface area (Å²) in [5.41, 5.74) is 0.647. The summed E-state index contributed by atoms with van der Waals surface area (Å²) in [5, 5.41) is 7.71. The van der Waals surface area contributed by atoms with Crippen molar-refractivity contribution in [1.29, 1.82) is 0 Å². The molecule has 0 aliphatic rings. The maximum Gasteiger partial charge on any atom is 0.244 e. The third-order valence-electron chi connectivity index (χ3n) is 3.79. The first-order chi connectivity index (χ1) is 12.5. The average Bonchev–Trinajstić information content (AvgIpc) is 2.61. The number of benzene rings is 1. The Balaban J connectivity index is 2.02. The van der Waals surface area contributed by atoms with Crippen molar-refractivity contribution in [2.75, 3.05) is 13.6 Å². The molecule has 0 fully saturated rings. The molecule has 0 aliphatic carbocycles. The first kappa shape index (κ1) is 21.0. The van der Waals surface area contributed by atoms with Crippen LogP contribution in [0.5, 0.6) is 0 Å². The van der Waals surface area contributed by atoms with Gasteiger partial charge in [0.25, 0.3) is 0 Å². The molecule has 1 aromatic carbocycles. The largest absolute Gasteiger partial charge is 0.348 e. The topological polar surface area (TPSA) is 140 Å². The first-order valence-electron chi connectivity index (χ1n) is 7.80. The van der Waals surface area contributed by atoms with E-state index in [1.807, 2.05) is 0 Å². The molecule has 1 heterocycles. The molecule has 0 radical (unpaired) electrons. The third kappa shape index (κ3) is 5.32. The van der Waals surface area contributed by atoms with Crippen molar-refractivity contribution in [3.63, 3.8) is 0 Å². The Kier molecular flexibility index (Phi) is 6.31. The lowest BCUT2D eigenvalue weighted by Crippen LogP contribution is -2.39. The van der Waals surface area contributed by atoms with Crippen LogP contribution in [-0.4, -0.2) is 45.6 Å². The predicted molar refractivity (Wildman–Crippen MR) is 98.4 cm³/mol. The van der Waals surface area contributed by atoms with Crippen molar-refractivity contribution in [3.8, 4) is 0 Å². The fourth-order valence-corrected chi connectivity index (χ4v) is 3.89. The Bertz CT molecular complexity index is 1010. The maximum atomic E-state index is 12.4. The molecular weight excluding hydrogens is 392 g/mol. The van der Waals surface area contributed by atoms with E-state index in [2.05, 4.69) is 10.3 Å². The molecule has 27 heavy (non-hydrogen) atoms. The summed E-state index contributed by atoms with van der Waals surface area (Å²) < 4.78 is 48.2. The molecule has 0 saturated heterocycles. The molecule has 146 valence electrons. The third-order valence-corrected chi connectivity index (χ3v) is 6.51. The Morgan fingerprint density at radius 3 is 2.30 bits per heavy atom. The fraction of sp³-hybridized carbons (Fsp3) is 0.250. The van der Waals surface area contributed by atoms with Gasteiger partial charge in [0.15, 0.2) is 0 Å². The molecule has 3 N–H and O–H groups in total. The van der Waals surface area contributed by atoms with Crippen molar-refractivity contribution >= 4 is 26.0 Å². The molecule has 9 nitrogen and oxygen atoms in total. The van der Waals surface area contributed by atoms with E-state index in [1.165, 1.54) is 55.8 Å². The Labute approximate surface area is 158 Å². The molecule has 1 atom stereocenters. The summed E-state index contributed by atoms with van der Waals surface area (Å²) in [7, 11) is -6.32. The number of carbonyl (C=O) groups is 1. The van der Waals surface area contributed by atoms with Gasteiger partial charge in [-0.2, -0.15) is 4.31 Å². The van der Waals surface area contributed by atoms with Crippen molar-refractivity contribution in [2.24, 2.45) is 5.14 Å². The Hall–Kier alpha value is -2.34. The summed E-state index contributed by atoms with van der Waals surface area (Å²) in [6, 6.07) is 8.17. The van der Waals surface area contributed by atoms with Gasteiger partial charge in [0.2, 0.25) is 26.0 Å². The monoisotopic (exact) mass is 412 g/mol. The minimum Gasteiger partial charge on any atom is -0.348 e. The SMILES string of the molecule is CC(NC(=O)CN(C)S(=O)(=O)c1cccnc1)c1ccc(S(N)(=O)=O)cc1. The number of primary sulfonamides is 1. The minimum absolute atomic E-state index is 0.00747. The van der Waals surface area contributed by atoms with Crippen LogP contribution in [0.3, 0.4) is 0 Å². The van der Waals surface area contributed by atoms with Gasteiger partial charge < -0.3 is 5.32 Å². The standard InChI is InChI=1S/C16H20N4O5S2/c1-12(13-5-7-14(8-6-13)26(17,22)23)19-16(21)11-20(2)27(24,25)15-4-3-9-18-10-15/h3-10,12H,11H2,1-2H3,(H,19,21)(H2,17,22,23). The molecule has 0 aliphatic heterocycles. The lowest BCUT2D eigenvalue weighted by atomic mass is 10.1. The van der Waals surface area contributed by atoms with Crippen LogP contribution < -0.4 is 10.5 Å². The van der Waals surface area contributed by atoms with Crippen LogP contribution >= 0.6 is 0 Å². The number of hydrogen-bond donors (Lipinski definition) is 2. The minimum atomic E-state index is -3.83. The van der Waals surface area contributed by atoms with Crippen LogP contribution in [0, 0.1) is 0 Å². The van der Waals surface area contributed by atoms with Crippen molar-refractivity contribution in [3.05, 3.63) is 54.4 Å².